The number of thioether (sulfide) groups is 1. The highest BCUT2D eigenvalue weighted by atomic mass is 32.2. The van der Waals surface area contributed by atoms with E-state index in [0.29, 0.717) is 40.3 Å². The molecule has 0 aliphatic rings. The van der Waals surface area contributed by atoms with Crippen LogP contribution in [0.15, 0.2) is 82.7 Å². The highest BCUT2D eigenvalue weighted by Crippen LogP contribution is 2.26. The SMILES string of the molecule is N#Cc1ccccc1-c1ccc(CSc2nc3ccccc3c(=O)n2CCCO)cc1. The van der Waals surface area contributed by atoms with Gasteiger partial charge in [0.25, 0.3) is 5.56 Å². The maximum atomic E-state index is 12.9. The first-order valence-corrected chi connectivity index (χ1v) is 11.0. The summed E-state index contributed by atoms with van der Waals surface area (Å²) in [6.45, 7) is 0.453. The molecule has 0 spiro atoms. The van der Waals surface area contributed by atoms with Crippen molar-refractivity contribution in [1.29, 1.82) is 5.26 Å². The van der Waals surface area contributed by atoms with Crippen molar-refractivity contribution in [3.8, 4) is 17.2 Å². The van der Waals surface area contributed by atoms with E-state index in [2.05, 4.69) is 6.07 Å². The summed E-state index contributed by atoms with van der Waals surface area (Å²) in [5, 5.41) is 19.8. The molecule has 6 heteroatoms. The minimum Gasteiger partial charge on any atom is -0.396 e. The van der Waals surface area contributed by atoms with Crippen LogP contribution < -0.4 is 5.56 Å². The Morgan fingerprint density at radius 2 is 1.74 bits per heavy atom. The minimum absolute atomic E-state index is 0.0228. The summed E-state index contributed by atoms with van der Waals surface area (Å²) >= 11 is 1.51. The molecule has 0 aliphatic heterocycles. The summed E-state index contributed by atoms with van der Waals surface area (Å²) in [5.74, 6) is 0.657. The topological polar surface area (TPSA) is 78.9 Å². The van der Waals surface area contributed by atoms with E-state index in [4.69, 9.17) is 4.98 Å². The Balaban J connectivity index is 1.59. The zero-order valence-corrected chi connectivity index (χ0v) is 17.7. The number of aliphatic hydroxyl groups is 1. The molecule has 4 rings (SSSR count). The number of para-hydroxylation sites is 1. The number of hydrogen-bond acceptors (Lipinski definition) is 5. The molecule has 0 amide bonds. The molecular formula is C25H21N3O2S. The molecule has 0 aliphatic carbocycles. The molecular weight excluding hydrogens is 406 g/mol. The predicted octanol–water partition coefficient (Wildman–Crippen LogP) is 4.61. The lowest BCUT2D eigenvalue weighted by Crippen LogP contribution is -2.24. The lowest BCUT2D eigenvalue weighted by molar-refractivity contribution is 0.276. The maximum absolute atomic E-state index is 12.9. The zero-order valence-electron chi connectivity index (χ0n) is 16.9. The fourth-order valence-electron chi connectivity index (χ4n) is 3.44. The molecule has 154 valence electrons. The van der Waals surface area contributed by atoms with Gasteiger partial charge in [-0.2, -0.15) is 5.26 Å². The van der Waals surface area contributed by atoms with Gasteiger partial charge in [0.1, 0.15) is 0 Å². The monoisotopic (exact) mass is 427 g/mol. The van der Waals surface area contributed by atoms with Crippen LogP contribution in [-0.4, -0.2) is 21.3 Å². The van der Waals surface area contributed by atoms with Gasteiger partial charge in [0.2, 0.25) is 0 Å². The summed E-state index contributed by atoms with van der Waals surface area (Å²) < 4.78 is 1.65. The molecule has 0 radical (unpaired) electrons. The molecule has 1 aromatic heterocycles. The number of rotatable bonds is 7. The van der Waals surface area contributed by atoms with Crippen LogP contribution in [0.3, 0.4) is 0 Å². The Bertz CT molecular complexity index is 1310. The number of nitriles is 1. The van der Waals surface area contributed by atoms with Crippen LogP contribution in [0.1, 0.15) is 17.5 Å². The Kier molecular flexibility index (Phi) is 6.46. The van der Waals surface area contributed by atoms with Crippen LogP contribution in [0, 0.1) is 11.3 Å². The van der Waals surface area contributed by atoms with Gasteiger partial charge in [-0.05, 0) is 41.3 Å². The smallest absolute Gasteiger partial charge is 0.262 e. The van der Waals surface area contributed by atoms with E-state index in [9.17, 15) is 15.2 Å². The van der Waals surface area contributed by atoms with Crippen molar-refractivity contribution in [2.75, 3.05) is 6.61 Å². The van der Waals surface area contributed by atoms with Crippen LogP contribution >= 0.6 is 11.8 Å². The number of benzene rings is 3. The van der Waals surface area contributed by atoms with E-state index in [0.717, 1.165) is 16.7 Å². The lowest BCUT2D eigenvalue weighted by atomic mass is 10.00. The summed E-state index contributed by atoms with van der Waals surface area (Å²) in [4.78, 5) is 17.6. The first kappa shape index (κ1) is 20.9. The van der Waals surface area contributed by atoms with Crippen molar-refractivity contribution in [3.63, 3.8) is 0 Å². The van der Waals surface area contributed by atoms with Crippen LogP contribution in [0.25, 0.3) is 22.0 Å². The molecule has 0 saturated carbocycles. The van der Waals surface area contributed by atoms with Gasteiger partial charge in [0.15, 0.2) is 5.16 Å². The van der Waals surface area contributed by atoms with Gasteiger partial charge in [-0.3, -0.25) is 9.36 Å². The molecule has 0 bridgehead atoms. The normalized spacial score (nSPS) is 10.8. The number of aromatic nitrogens is 2. The van der Waals surface area contributed by atoms with Gasteiger partial charge < -0.3 is 5.11 Å². The van der Waals surface area contributed by atoms with Crippen molar-refractivity contribution in [1.82, 2.24) is 9.55 Å². The molecule has 0 fully saturated rings. The second kappa shape index (κ2) is 9.61. The Labute approximate surface area is 184 Å². The molecule has 1 N–H and O–H groups in total. The molecule has 1 heterocycles. The van der Waals surface area contributed by atoms with E-state index >= 15 is 0 Å². The fraction of sp³-hybridized carbons (Fsp3) is 0.160. The predicted molar refractivity (Wildman–Crippen MR) is 124 cm³/mol. The van der Waals surface area contributed by atoms with Crippen molar-refractivity contribution < 1.29 is 5.11 Å². The standard InChI is InChI=1S/C25H21N3O2S/c26-16-20-6-1-2-7-21(20)19-12-10-18(11-13-19)17-31-25-27-23-9-4-3-8-22(23)24(30)28(25)14-5-15-29/h1-4,6-13,29H,5,14-15,17H2. The quantitative estimate of drug-likeness (QED) is 0.344. The van der Waals surface area contributed by atoms with Crippen LogP contribution in [0.5, 0.6) is 0 Å². The molecule has 31 heavy (non-hydrogen) atoms. The molecule has 0 unspecified atom stereocenters. The third-order valence-electron chi connectivity index (χ3n) is 5.05. The molecule has 3 aromatic carbocycles. The Morgan fingerprint density at radius 1 is 1.00 bits per heavy atom. The van der Waals surface area contributed by atoms with Crippen molar-refractivity contribution >= 4 is 22.7 Å². The summed E-state index contributed by atoms with van der Waals surface area (Å²) in [6, 6.07) is 25.2. The zero-order chi connectivity index (χ0) is 21.6. The van der Waals surface area contributed by atoms with Crippen LogP contribution in [0.2, 0.25) is 0 Å². The van der Waals surface area contributed by atoms with Gasteiger partial charge in [0.05, 0.1) is 22.5 Å². The van der Waals surface area contributed by atoms with Gasteiger partial charge in [-0.1, -0.05) is 66.4 Å². The van der Waals surface area contributed by atoms with Gasteiger partial charge in [-0.15, -0.1) is 0 Å². The van der Waals surface area contributed by atoms with Crippen molar-refractivity contribution in [3.05, 3.63) is 94.3 Å². The van der Waals surface area contributed by atoms with E-state index in [1.165, 1.54) is 11.8 Å². The van der Waals surface area contributed by atoms with E-state index in [1.54, 1.807) is 10.6 Å². The van der Waals surface area contributed by atoms with E-state index in [1.807, 2.05) is 66.7 Å². The minimum atomic E-state index is -0.0787. The number of nitrogens with zero attached hydrogens (tertiary/aromatic N) is 3. The Morgan fingerprint density at radius 3 is 2.52 bits per heavy atom. The molecule has 0 saturated heterocycles. The highest BCUT2D eigenvalue weighted by Gasteiger charge is 2.12. The van der Waals surface area contributed by atoms with Gasteiger partial charge in [-0.25, -0.2) is 4.98 Å². The van der Waals surface area contributed by atoms with E-state index < -0.39 is 0 Å². The average Bonchev–Trinajstić information content (AvgIpc) is 2.82. The first-order chi connectivity index (χ1) is 15.2. The molecule has 5 nitrogen and oxygen atoms in total. The van der Waals surface area contributed by atoms with E-state index in [-0.39, 0.29) is 12.2 Å². The van der Waals surface area contributed by atoms with Crippen molar-refractivity contribution in [2.24, 2.45) is 0 Å². The number of aliphatic hydroxyl groups excluding tert-OH is 1. The van der Waals surface area contributed by atoms with Crippen LogP contribution in [0.4, 0.5) is 0 Å². The summed E-state index contributed by atoms with van der Waals surface area (Å²) in [6.07, 6.45) is 0.500. The second-order valence-corrected chi connectivity index (χ2v) is 8.03. The largest absolute Gasteiger partial charge is 0.396 e. The van der Waals surface area contributed by atoms with Crippen molar-refractivity contribution in [2.45, 2.75) is 23.9 Å². The molecule has 0 atom stereocenters. The number of fused-ring (bicyclic) bond motifs is 1. The second-order valence-electron chi connectivity index (χ2n) is 7.09. The molecule has 4 aromatic rings. The first-order valence-electron chi connectivity index (χ1n) is 10.0. The summed E-state index contributed by atoms with van der Waals surface area (Å²) in [7, 11) is 0. The van der Waals surface area contributed by atoms with Gasteiger partial charge >= 0.3 is 0 Å². The van der Waals surface area contributed by atoms with Gasteiger partial charge in [0, 0.05) is 18.9 Å². The average molecular weight is 428 g/mol. The third-order valence-corrected chi connectivity index (χ3v) is 6.09. The third kappa shape index (κ3) is 4.53. The highest BCUT2D eigenvalue weighted by molar-refractivity contribution is 7.98. The summed E-state index contributed by atoms with van der Waals surface area (Å²) in [5.41, 5.74) is 4.26. The fourth-order valence-corrected chi connectivity index (χ4v) is 4.43. The van der Waals surface area contributed by atoms with Crippen LogP contribution in [-0.2, 0) is 12.3 Å². The maximum Gasteiger partial charge on any atom is 0.262 e. The number of hydrogen-bond donors (Lipinski definition) is 1. The lowest BCUT2D eigenvalue weighted by Gasteiger charge is -2.13. The Hall–Kier alpha value is -3.40.